The van der Waals surface area contributed by atoms with Crippen LogP contribution in [0, 0.1) is 20.8 Å². The summed E-state index contributed by atoms with van der Waals surface area (Å²) < 4.78 is 0. The van der Waals surface area contributed by atoms with Crippen LogP contribution < -0.4 is 0 Å². The Balaban J connectivity index is 2.27. The third kappa shape index (κ3) is 1.65. The lowest BCUT2D eigenvalue weighted by Gasteiger charge is -2.17. The summed E-state index contributed by atoms with van der Waals surface area (Å²) in [5.41, 5.74) is 9.99. The fourth-order valence-corrected chi connectivity index (χ4v) is 3.67. The molecular weight excluding hydrogens is 220 g/mol. The predicted molar refractivity (Wildman–Crippen MR) is 75.8 cm³/mol. The summed E-state index contributed by atoms with van der Waals surface area (Å²) in [6.07, 6.45) is 5.19. The van der Waals surface area contributed by atoms with E-state index in [0.29, 0.717) is 0 Å². The summed E-state index contributed by atoms with van der Waals surface area (Å²) in [6.45, 7) is 6.68. The second-order valence-corrected chi connectivity index (χ2v) is 5.89. The number of aryl methyl sites for hydroxylation is 2. The average molecular weight is 242 g/mol. The number of rotatable bonds is 0. The molecule has 0 bridgehead atoms. The van der Waals surface area contributed by atoms with E-state index in [1.807, 2.05) is 0 Å². The molecule has 3 rings (SSSR count). The van der Waals surface area contributed by atoms with E-state index in [2.05, 4.69) is 26.8 Å². The SMILES string of the molecule is Cc1cc2c(c(C)c1C)C1=C(CCC1)C(O)CC2. The summed E-state index contributed by atoms with van der Waals surface area (Å²) in [5, 5.41) is 10.3. The van der Waals surface area contributed by atoms with Gasteiger partial charge >= 0.3 is 0 Å². The Morgan fingerprint density at radius 2 is 1.83 bits per heavy atom. The summed E-state index contributed by atoms with van der Waals surface area (Å²) in [6, 6.07) is 2.35. The van der Waals surface area contributed by atoms with E-state index in [4.69, 9.17) is 0 Å². The minimum atomic E-state index is -0.199. The molecule has 0 spiro atoms. The van der Waals surface area contributed by atoms with Crippen LogP contribution in [0.5, 0.6) is 0 Å². The maximum Gasteiger partial charge on any atom is 0.0759 e. The molecule has 0 saturated carbocycles. The van der Waals surface area contributed by atoms with Crippen LogP contribution in [0.25, 0.3) is 5.57 Å². The van der Waals surface area contributed by atoms with Gasteiger partial charge in [0.1, 0.15) is 0 Å². The Kier molecular flexibility index (Phi) is 2.82. The van der Waals surface area contributed by atoms with Crippen LogP contribution in [0.15, 0.2) is 11.6 Å². The van der Waals surface area contributed by atoms with Gasteiger partial charge in [0, 0.05) is 0 Å². The zero-order chi connectivity index (χ0) is 12.9. The number of aliphatic hydroxyl groups excluding tert-OH is 1. The van der Waals surface area contributed by atoms with Crippen molar-refractivity contribution in [1.82, 2.24) is 0 Å². The number of fused-ring (bicyclic) bond motifs is 2. The van der Waals surface area contributed by atoms with Crippen molar-refractivity contribution in [3.8, 4) is 0 Å². The normalized spacial score (nSPS) is 22.8. The highest BCUT2D eigenvalue weighted by Gasteiger charge is 2.28. The van der Waals surface area contributed by atoms with E-state index in [9.17, 15) is 5.11 Å². The molecule has 0 aliphatic heterocycles. The van der Waals surface area contributed by atoms with Crippen LogP contribution in [-0.2, 0) is 6.42 Å². The highest BCUT2D eigenvalue weighted by Crippen LogP contribution is 2.43. The van der Waals surface area contributed by atoms with Gasteiger partial charge in [0.25, 0.3) is 0 Å². The monoisotopic (exact) mass is 242 g/mol. The van der Waals surface area contributed by atoms with Gasteiger partial charge in [-0.05, 0) is 91.8 Å². The van der Waals surface area contributed by atoms with Crippen molar-refractivity contribution in [2.75, 3.05) is 0 Å². The second-order valence-electron chi connectivity index (χ2n) is 5.89. The summed E-state index contributed by atoms with van der Waals surface area (Å²) in [4.78, 5) is 0. The van der Waals surface area contributed by atoms with E-state index in [0.717, 1.165) is 25.7 Å². The molecule has 0 amide bonds. The summed E-state index contributed by atoms with van der Waals surface area (Å²) in [5.74, 6) is 0. The Morgan fingerprint density at radius 3 is 2.61 bits per heavy atom. The van der Waals surface area contributed by atoms with Crippen molar-refractivity contribution in [1.29, 1.82) is 0 Å². The molecule has 1 atom stereocenters. The third-order valence-electron chi connectivity index (χ3n) is 4.89. The fraction of sp³-hybridized carbons (Fsp3) is 0.529. The molecule has 1 heteroatoms. The first-order chi connectivity index (χ1) is 8.59. The molecule has 0 aromatic heterocycles. The van der Waals surface area contributed by atoms with Gasteiger partial charge in [-0.1, -0.05) is 6.07 Å². The molecule has 18 heavy (non-hydrogen) atoms. The van der Waals surface area contributed by atoms with Crippen molar-refractivity contribution in [3.63, 3.8) is 0 Å². The molecule has 96 valence electrons. The van der Waals surface area contributed by atoms with Gasteiger partial charge in [0.05, 0.1) is 6.10 Å². The maximum atomic E-state index is 10.3. The number of aliphatic hydroxyl groups is 1. The summed E-state index contributed by atoms with van der Waals surface area (Å²) >= 11 is 0. The third-order valence-corrected chi connectivity index (χ3v) is 4.89. The van der Waals surface area contributed by atoms with Crippen molar-refractivity contribution in [2.24, 2.45) is 0 Å². The summed E-state index contributed by atoms with van der Waals surface area (Å²) in [7, 11) is 0. The first-order valence-electron chi connectivity index (χ1n) is 7.09. The van der Waals surface area contributed by atoms with Gasteiger partial charge in [-0.25, -0.2) is 0 Å². The maximum absolute atomic E-state index is 10.3. The lowest BCUT2D eigenvalue weighted by atomic mass is 9.88. The average Bonchev–Trinajstić information content (AvgIpc) is 2.77. The van der Waals surface area contributed by atoms with Gasteiger partial charge < -0.3 is 5.11 Å². The van der Waals surface area contributed by atoms with E-state index < -0.39 is 0 Å². The van der Waals surface area contributed by atoms with Gasteiger partial charge in [-0.15, -0.1) is 0 Å². The first-order valence-corrected chi connectivity index (χ1v) is 7.09. The highest BCUT2D eigenvalue weighted by molar-refractivity contribution is 5.77. The largest absolute Gasteiger partial charge is 0.389 e. The zero-order valence-corrected chi connectivity index (χ0v) is 11.6. The van der Waals surface area contributed by atoms with Crippen molar-refractivity contribution >= 4 is 5.57 Å². The van der Waals surface area contributed by atoms with Crippen molar-refractivity contribution in [2.45, 2.75) is 59.0 Å². The molecule has 2 aliphatic carbocycles. The van der Waals surface area contributed by atoms with Gasteiger partial charge in [-0.2, -0.15) is 0 Å². The number of allylic oxidation sites excluding steroid dienone is 1. The lowest BCUT2D eigenvalue weighted by molar-refractivity contribution is 0.199. The lowest BCUT2D eigenvalue weighted by Crippen LogP contribution is -2.08. The topological polar surface area (TPSA) is 20.2 Å². The van der Waals surface area contributed by atoms with Crippen molar-refractivity contribution in [3.05, 3.63) is 39.5 Å². The standard InChI is InChI=1S/C17H22O/c1-10-9-13-7-8-16(18)14-5-4-6-15(14)17(13)12(3)11(10)2/h9,16,18H,4-8H2,1-3H3. The Labute approximate surface area is 110 Å². The molecule has 0 fully saturated rings. The van der Waals surface area contributed by atoms with Gasteiger partial charge in [-0.3, -0.25) is 0 Å². The molecule has 1 nitrogen and oxygen atoms in total. The molecule has 2 aliphatic rings. The molecular formula is C17H22O. The molecule has 1 unspecified atom stereocenters. The highest BCUT2D eigenvalue weighted by atomic mass is 16.3. The van der Waals surface area contributed by atoms with E-state index >= 15 is 0 Å². The van der Waals surface area contributed by atoms with Crippen LogP contribution >= 0.6 is 0 Å². The van der Waals surface area contributed by atoms with Crippen LogP contribution in [0.1, 0.15) is 53.5 Å². The van der Waals surface area contributed by atoms with Crippen molar-refractivity contribution < 1.29 is 5.11 Å². The minimum absolute atomic E-state index is 0.199. The van der Waals surface area contributed by atoms with Gasteiger partial charge in [0.2, 0.25) is 0 Å². The first kappa shape index (κ1) is 12.0. The fourth-order valence-electron chi connectivity index (χ4n) is 3.67. The number of hydrogen-bond donors (Lipinski definition) is 1. The Bertz CT molecular complexity index is 537. The quantitative estimate of drug-likeness (QED) is 0.732. The molecule has 1 aromatic rings. The number of hydrogen-bond acceptors (Lipinski definition) is 1. The Hall–Kier alpha value is -1.08. The van der Waals surface area contributed by atoms with Crippen LogP contribution in [0.3, 0.4) is 0 Å². The molecule has 1 N–H and O–H groups in total. The van der Waals surface area contributed by atoms with Crippen LogP contribution in [0.2, 0.25) is 0 Å². The van der Waals surface area contributed by atoms with Crippen LogP contribution in [-0.4, -0.2) is 11.2 Å². The number of benzene rings is 1. The molecule has 0 saturated heterocycles. The molecule has 0 heterocycles. The minimum Gasteiger partial charge on any atom is -0.389 e. The van der Waals surface area contributed by atoms with Crippen LogP contribution in [0.4, 0.5) is 0 Å². The molecule has 0 radical (unpaired) electrons. The molecule has 1 aromatic carbocycles. The van der Waals surface area contributed by atoms with Gasteiger partial charge in [0.15, 0.2) is 0 Å². The smallest absolute Gasteiger partial charge is 0.0759 e. The second kappa shape index (κ2) is 4.24. The van der Waals surface area contributed by atoms with E-state index in [1.54, 1.807) is 0 Å². The zero-order valence-electron chi connectivity index (χ0n) is 11.6. The predicted octanol–water partition coefficient (Wildman–Crippen LogP) is 3.86. The van der Waals surface area contributed by atoms with E-state index in [1.165, 1.54) is 45.4 Å². The Morgan fingerprint density at radius 1 is 1.06 bits per heavy atom. The van der Waals surface area contributed by atoms with E-state index in [-0.39, 0.29) is 6.10 Å².